The van der Waals surface area contributed by atoms with Gasteiger partial charge in [-0.25, -0.2) is 14.4 Å². The fraction of sp³-hybridized carbons (Fsp3) is 0.353. The van der Waals surface area contributed by atoms with Crippen LogP contribution in [0, 0.1) is 11.7 Å². The van der Waals surface area contributed by atoms with E-state index in [9.17, 15) is 22.8 Å². The SMILES string of the molecule is ON1C=C(Br)C=C2C1=Nc1ccc(F)cc1C2(OCC1CC1)C(F)(F)F. The van der Waals surface area contributed by atoms with Crippen molar-refractivity contribution in [2.45, 2.75) is 24.6 Å². The van der Waals surface area contributed by atoms with Crippen LogP contribution in [0.25, 0.3) is 0 Å². The highest BCUT2D eigenvalue weighted by Crippen LogP contribution is 2.55. The zero-order valence-electron chi connectivity index (χ0n) is 13.2. The molecular formula is C17H13BrF4N2O2. The average molecular weight is 433 g/mol. The molecule has 0 amide bonds. The zero-order valence-corrected chi connectivity index (χ0v) is 14.8. The molecular weight excluding hydrogens is 420 g/mol. The lowest BCUT2D eigenvalue weighted by molar-refractivity contribution is -0.268. The summed E-state index contributed by atoms with van der Waals surface area (Å²) in [5.74, 6) is -1.08. The van der Waals surface area contributed by atoms with Crippen LogP contribution in [0.1, 0.15) is 18.4 Å². The average Bonchev–Trinajstić information content (AvgIpc) is 3.35. The first-order valence-electron chi connectivity index (χ1n) is 7.90. The molecule has 0 saturated heterocycles. The van der Waals surface area contributed by atoms with Gasteiger partial charge in [0.15, 0.2) is 5.84 Å². The van der Waals surface area contributed by atoms with Crippen LogP contribution in [-0.2, 0) is 10.3 Å². The number of aliphatic imine (C=N–C) groups is 1. The van der Waals surface area contributed by atoms with Crippen molar-refractivity contribution in [3.8, 4) is 0 Å². The summed E-state index contributed by atoms with van der Waals surface area (Å²) < 4.78 is 62.8. The summed E-state index contributed by atoms with van der Waals surface area (Å²) in [6.07, 6.45) is -0.944. The van der Waals surface area contributed by atoms with Crippen molar-refractivity contribution in [1.29, 1.82) is 0 Å². The molecule has 9 heteroatoms. The number of ether oxygens (including phenoxy) is 1. The highest BCUT2D eigenvalue weighted by atomic mass is 79.9. The predicted octanol–water partition coefficient (Wildman–Crippen LogP) is 4.92. The Bertz CT molecular complexity index is 861. The van der Waals surface area contributed by atoms with Crippen molar-refractivity contribution in [3.05, 3.63) is 51.9 Å². The Labute approximate surface area is 154 Å². The molecule has 2 aliphatic heterocycles. The van der Waals surface area contributed by atoms with E-state index < -0.39 is 23.2 Å². The zero-order chi connectivity index (χ0) is 18.7. The second-order valence-electron chi connectivity index (χ2n) is 6.45. The van der Waals surface area contributed by atoms with E-state index in [2.05, 4.69) is 20.9 Å². The molecule has 1 atom stereocenters. The smallest absolute Gasteiger partial charge is 0.356 e. The third-order valence-corrected chi connectivity index (χ3v) is 4.99. The molecule has 0 aromatic heterocycles. The molecule has 1 saturated carbocycles. The highest BCUT2D eigenvalue weighted by molar-refractivity contribution is 9.11. The number of fused-ring (bicyclic) bond motifs is 2. The van der Waals surface area contributed by atoms with Gasteiger partial charge in [0.25, 0.3) is 0 Å². The minimum Gasteiger partial charge on any atom is -0.356 e. The fourth-order valence-electron chi connectivity index (χ4n) is 3.13. The van der Waals surface area contributed by atoms with Gasteiger partial charge in [0, 0.05) is 21.8 Å². The van der Waals surface area contributed by atoms with Crippen LogP contribution < -0.4 is 0 Å². The van der Waals surface area contributed by atoms with Crippen molar-refractivity contribution in [2.24, 2.45) is 10.9 Å². The van der Waals surface area contributed by atoms with E-state index in [1.807, 2.05) is 0 Å². The van der Waals surface area contributed by atoms with E-state index in [0.717, 1.165) is 31.0 Å². The third kappa shape index (κ3) is 2.69. The topological polar surface area (TPSA) is 45.1 Å². The summed E-state index contributed by atoms with van der Waals surface area (Å²) in [7, 11) is 0. The van der Waals surface area contributed by atoms with Gasteiger partial charge in [-0.15, -0.1) is 0 Å². The number of nitrogens with zero attached hydrogens (tertiary/aromatic N) is 2. The molecule has 2 heterocycles. The molecule has 4 rings (SSSR count). The monoisotopic (exact) mass is 432 g/mol. The van der Waals surface area contributed by atoms with E-state index in [4.69, 9.17) is 4.74 Å². The summed E-state index contributed by atoms with van der Waals surface area (Å²) in [6.45, 7) is -0.118. The van der Waals surface area contributed by atoms with Crippen molar-refractivity contribution in [2.75, 3.05) is 6.61 Å². The number of hydrogen-bond acceptors (Lipinski definition) is 4. The minimum absolute atomic E-state index is 0.0435. The van der Waals surface area contributed by atoms with Crippen LogP contribution in [0.3, 0.4) is 0 Å². The number of benzene rings is 1. The van der Waals surface area contributed by atoms with E-state index in [-0.39, 0.29) is 34.1 Å². The van der Waals surface area contributed by atoms with Crippen LogP contribution in [-0.4, -0.2) is 28.9 Å². The molecule has 0 radical (unpaired) electrons. The van der Waals surface area contributed by atoms with Gasteiger partial charge in [0.05, 0.1) is 12.3 Å². The van der Waals surface area contributed by atoms with Gasteiger partial charge >= 0.3 is 6.18 Å². The van der Waals surface area contributed by atoms with E-state index >= 15 is 0 Å². The van der Waals surface area contributed by atoms with Crippen LogP contribution in [0.5, 0.6) is 0 Å². The molecule has 0 bridgehead atoms. The molecule has 1 fully saturated rings. The molecule has 4 nitrogen and oxygen atoms in total. The molecule has 1 aromatic carbocycles. The van der Waals surface area contributed by atoms with Crippen LogP contribution in [0.4, 0.5) is 23.2 Å². The number of hydroxylamine groups is 2. The summed E-state index contributed by atoms with van der Waals surface area (Å²) in [5.41, 5.74) is -3.83. The minimum atomic E-state index is -4.90. The Hall–Kier alpha value is -1.71. The van der Waals surface area contributed by atoms with Gasteiger partial charge in [0.2, 0.25) is 5.60 Å². The lowest BCUT2D eigenvalue weighted by atomic mass is 9.80. The molecule has 1 unspecified atom stereocenters. The second-order valence-corrected chi connectivity index (χ2v) is 7.36. The molecule has 0 spiro atoms. The lowest BCUT2D eigenvalue weighted by Crippen LogP contribution is -2.52. The maximum Gasteiger partial charge on any atom is 0.426 e. The van der Waals surface area contributed by atoms with Crippen molar-refractivity contribution >= 4 is 27.5 Å². The molecule has 26 heavy (non-hydrogen) atoms. The number of rotatable bonds is 3. The summed E-state index contributed by atoms with van der Waals surface area (Å²) >= 11 is 3.09. The van der Waals surface area contributed by atoms with Gasteiger partial charge in [-0.3, -0.25) is 5.21 Å². The molecule has 1 N–H and O–H groups in total. The molecule has 138 valence electrons. The normalized spacial score (nSPS) is 25.2. The number of amidine groups is 1. The van der Waals surface area contributed by atoms with Gasteiger partial charge in [-0.1, -0.05) is 0 Å². The van der Waals surface area contributed by atoms with Crippen molar-refractivity contribution in [3.63, 3.8) is 0 Å². The van der Waals surface area contributed by atoms with Gasteiger partial charge in [-0.2, -0.15) is 13.2 Å². The van der Waals surface area contributed by atoms with Crippen molar-refractivity contribution in [1.82, 2.24) is 5.06 Å². The summed E-state index contributed by atoms with van der Waals surface area (Å²) in [6, 6.07) is 2.97. The van der Waals surface area contributed by atoms with E-state index in [1.165, 1.54) is 12.3 Å². The van der Waals surface area contributed by atoms with E-state index in [0.29, 0.717) is 5.06 Å². The maximum absolute atomic E-state index is 14.4. The highest BCUT2D eigenvalue weighted by Gasteiger charge is 2.64. The molecule has 1 aromatic rings. The maximum atomic E-state index is 14.4. The van der Waals surface area contributed by atoms with Crippen LogP contribution in [0.15, 0.2) is 45.5 Å². The number of allylic oxidation sites excluding steroid dienone is 2. The van der Waals surface area contributed by atoms with Gasteiger partial charge in [-0.05, 0) is 59.0 Å². The molecule has 1 aliphatic carbocycles. The standard InChI is InChI=1S/C17H13BrF4N2O2/c18-10-5-13-15(24(25)7-10)23-14-4-3-11(19)6-12(14)16(13,17(20,21)22)26-8-9-1-2-9/h3-7,9,25H,1-2,8H2. The quantitative estimate of drug-likeness (QED) is 0.689. The summed E-state index contributed by atoms with van der Waals surface area (Å²) in [4.78, 5) is 4.09. The Morgan fingerprint density at radius 2 is 2.08 bits per heavy atom. The predicted molar refractivity (Wildman–Crippen MR) is 88.6 cm³/mol. The first-order valence-corrected chi connectivity index (χ1v) is 8.69. The lowest BCUT2D eigenvalue weighted by Gasteiger charge is -2.43. The Morgan fingerprint density at radius 3 is 2.73 bits per heavy atom. The van der Waals surface area contributed by atoms with E-state index in [1.54, 1.807) is 0 Å². The van der Waals surface area contributed by atoms with Gasteiger partial charge < -0.3 is 4.74 Å². The molecule has 3 aliphatic rings. The number of hydrogen-bond donors (Lipinski definition) is 1. The number of alkyl halides is 3. The second kappa shape index (κ2) is 5.90. The Kier molecular flexibility index (Phi) is 4.01. The number of halogens is 5. The first kappa shape index (κ1) is 17.7. The Balaban J connectivity index is 1.99. The summed E-state index contributed by atoms with van der Waals surface area (Å²) in [5, 5.41) is 10.6. The van der Waals surface area contributed by atoms with Gasteiger partial charge in [0.1, 0.15) is 5.82 Å². The fourth-order valence-corrected chi connectivity index (χ4v) is 3.55. The van der Waals surface area contributed by atoms with Crippen LogP contribution >= 0.6 is 15.9 Å². The van der Waals surface area contributed by atoms with Crippen LogP contribution in [0.2, 0.25) is 0 Å². The Morgan fingerprint density at radius 1 is 1.35 bits per heavy atom. The first-order chi connectivity index (χ1) is 12.2. The van der Waals surface area contributed by atoms with Crippen molar-refractivity contribution < 1.29 is 27.5 Å². The largest absolute Gasteiger partial charge is 0.426 e. The third-order valence-electron chi connectivity index (χ3n) is 4.56.